The molecule has 8 heteroatoms. The largest absolute Gasteiger partial charge is 0.511 e. The summed E-state index contributed by atoms with van der Waals surface area (Å²) in [6.07, 6.45) is 1.24. The lowest BCUT2D eigenvalue weighted by molar-refractivity contribution is -0.171. The quantitative estimate of drug-likeness (QED) is 0.214. The van der Waals surface area contributed by atoms with Gasteiger partial charge in [-0.25, -0.2) is 0 Å². The van der Waals surface area contributed by atoms with Crippen LogP contribution in [0.3, 0.4) is 0 Å². The second-order valence-electron chi connectivity index (χ2n) is 13.9. The maximum atomic E-state index is 14.4. The first-order valence-electron chi connectivity index (χ1n) is 15.1. The summed E-state index contributed by atoms with van der Waals surface area (Å²) in [5.74, 6) is -5.62. The number of phenolic OH excluding ortho intramolecular Hbond substituents is 1. The highest BCUT2D eigenvalue weighted by molar-refractivity contribution is 6.25. The molecule has 0 radical (unpaired) electrons. The lowest BCUT2D eigenvalue weighted by Crippen LogP contribution is -2.67. The van der Waals surface area contributed by atoms with E-state index in [-0.39, 0.29) is 53.8 Å². The number of phenols is 1. The number of ketones is 4. The van der Waals surface area contributed by atoms with Gasteiger partial charge in [-0.3, -0.25) is 19.2 Å². The molecule has 0 fully saturated rings. The molecule has 4 atom stereocenters. The Labute approximate surface area is 253 Å². The van der Waals surface area contributed by atoms with Crippen LogP contribution in [0, 0.1) is 22.7 Å². The molecule has 1 aromatic carbocycles. The number of aromatic hydroxyl groups is 1. The highest BCUT2D eigenvalue weighted by Crippen LogP contribution is 2.65. The van der Waals surface area contributed by atoms with Crippen molar-refractivity contribution in [1.29, 1.82) is 0 Å². The van der Waals surface area contributed by atoms with Crippen molar-refractivity contribution in [2.75, 3.05) is 0 Å². The molecule has 0 heterocycles. The Hall–Kier alpha value is -3.52. The Bertz CT molecular complexity index is 1540. The zero-order valence-electron chi connectivity index (χ0n) is 26.5. The average molecular weight is 593 g/mol. The standard InChI is InChI=1S/C35H44O8/c1-10-11-23(37)18(6)12-20-13-21(16(2)3)22-14-33(8)15-34(9)26(17(4)5)29(39)24(19(7)36)31(41)35(34,43)32(42)27(33)30(40)25(22)28(20)38/h13,16-17,26,38-39,42-43H,6,10-12,14-15H2,1-5,7-9H3/t26?,33-,34-,35+/m1/s1. The first-order valence-corrected chi connectivity index (χ1v) is 15.1. The first kappa shape index (κ1) is 32.4. The monoisotopic (exact) mass is 592 g/mol. The number of carbonyl (C=O) groups is 4. The van der Waals surface area contributed by atoms with E-state index in [1.165, 1.54) is 0 Å². The second kappa shape index (κ2) is 10.6. The fourth-order valence-corrected chi connectivity index (χ4v) is 8.27. The molecule has 0 amide bonds. The molecule has 232 valence electrons. The van der Waals surface area contributed by atoms with Crippen LogP contribution < -0.4 is 0 Å². The normalized spacial score (nSPS) is 28.7. The maximum Gasteiger partial charge on any atom is 0.209 e. The lowest BCUT2D eigenvalue weighted by Gasteiger charge is -2.59. The molecule has 43 heavy (non-hydrogen) atoms. The molecule has 0 saturated heterocycles. The van der Waals surface area contributed by atoms with Crippen molar-refractivity contribution >= 4 is 23.1 Å². The minimum absolute atomic E-state index is 0.0305. The summed E-state index contributed by atoms with van der Waals surface area (Å²) in [6, 6.07) is 1.81. The molecule has 0 aromatic heterocycles. The first-order chi connectivity index (χ1) is 19.8. The molecule has 1 aromatic rings. The number of aliphatic hydroxyl groups is 3. The van der Waals surface area contributed by atoms with Gasteiger partial charge in [0.2, 0.25) is 5.78 Å². The number of aliphatic hydroxyl groups excluding tert-OH is 2. The van der Waals surface area contributed by atoms with E-state index in [1.54, 1.807) is 27.7 Å². The van der Waals surface area contributed by atoms with Gasteiger partial charge in [0.05, 0.1) is 5.56 Å². The molecule has 0 bridgehead atoms. The van der Waals surface area contributed by atoms with Crippen LogP contribution in [-0.2, 0) is 27.2 Å². The number of benzene rings is 1. The van der Waals surface area contributed by atoms with E-state index in [1.807, 2.05) is 26.8 Å². The van der Waals surface area contributed by atoms with E-state index in [4.69, 9.17) is 0 Å². The minimum atomic E-state index is -2.66. The number of hydrogen-bond donors (Lipinski definition) is 4. The Morgan fingerprint density at radius 2 is 1.70 bits per heavy atom. The number of hydrogen-bond acceptors (Lipinski definition) is 8. The van der Waals surface area contributed by atoms with Crippen molar-refractivity contribution < 1.29 is 39.6 Å². The van der Waals surface area contributed by atoms with Crippen molar-refractivity contribution in [3.63, 3.8) is 0 Å². The lowest BCUT2D eigenvalue weighted by atomic mass is 9.44. The molecule has 4 rings (SSSR count). The van der Waals surface area contributed by atoms with Gasteiger partial charge in [-0.05, 0) is 60.3 Å². The van der Waals surface area contributed by atoms with E-state index in [9.17, 15) is 39.6 Å². The van der Waals surface area contributed by atoms with E-state index in [2.05, 4.69) is 6.58 Å². The van der Waals surface area contributed by atoms with Crippen LogP contribution in [0.25, 0.3) is 0 Å². The summed E-state index contributed by atoms with van der Waals surface area (Å²) >= 11 is 0. The summed E-state index contributed by atoms with van der Waals surface area (Å²) in [5, 5.41) is 46.9. The fraction of sp³-hybridized carbons (Fsp3) is 0.543. The van der Waals surface area contributed by atoms with Crippen LogP contribution in [-0.4, -0.2) is 49.2 Å². The topological polar surface area (TPSA) is 149 Å². The van der Waals surface area contributed by atoms with E-state index in [0.717, 1.165) is 12.5 Å². The Kier molecular flexibility index (Phi) is 7.97. The van der Waals surface area contributed by atoms with E-state index in [0.29, 0.717) is 29.5 Å². The predicted octanol–water partition coefficient (Wildman–Crippen LogP) is 5.94. The van der Waals surface area contributed by atoms with Crippen LogP contribution in [0.4, 0.5) is 0 Å². The number of carbonyl (C=O) groups excluding carboxylic acids is 4. The summed E-state index contributed by atoms with van der Waals surface area (Å²) in [4.78, 5) is 53.4. The van der Waals surface area contributed by atoms with Crippen LogP contribution in [0.2, 0.25) is 0 Å². The Balaban J connectivity index is 2.02. The van der Waals surface area contributed by atoms with Gasteiger partial charge in [-0.1, -0.05) is 61.1 Å². The number of fused-ring (bicyclic) bond motifs is 3. The van der Waals surface area contributed by atoms with Crippen molar-refractivity contribution in [2.24, 2.45) is 22.7 Å². The third-order valence-corrected chi connectivity index (χ3v) is 10.0. The van der Waals surface area contributed by atoms with Gasteiger partial charge in [-0.2, -0.15) is 0 Å². The molecule has 8 nitrogen and oxygen atoms in total. The predicted molar refractivity (Wildman–Crippen MR) is 162 cm³/mol. The summed E-state index contributed by atoms with van der Waals surface area (Å²) < 4.78 is 0. The average Bonchev–Trinajstić information content (AvgIpc) is 2.87. The highest BCUT2D eigenvalue weighted by Gasteiger charge is 2.71. The van der Waals surface area contributed by atoms with Crippen molar-refractivity contribution in [3.05, 3.63) is 63.1 Å². The number of Topliss-reactive ketones (excluding diaryl/α,β-unsaturated/α-hetero) is 4. The van der Waals surface area contributed by atoms with Crippen molar-refractivity contribution in [2.45, 2.75) is 99.0 Å². The molecule has 3 aliphatic rings. The smallest absolute Gasteiger partial charge is 0.209 e. The number of rotatable bonds is 8. The highest BCUT2D eigenvalue weighted by atomic mass is 16.3. The SMILES string of the molecule is C=C(Cc1cc(C(C)C)c2c(c1O)C(=O)C1=C(O)[C@@]3(O)C(=O)C(C(C)=O)=C(O)C(C(C)C)[C@@]3(C)C[C@@]1(C)C2)C(=O)CCC. The zero-order valence-corrected chi connectivity index (χ0v) is 26.5. The van der Waals surface area contributed by atoms with Crippen LogP contribution >= 0.6 is 0 Å². The third kappa shape index (κ3) is 4.43. The molecular weight excluding hydrogens is 548 g/mol. The van der Waals surface area contributed by atoms with Crippen molar-refractivity contribution in [3.8, 4) is 5.75 Å². The molecular formula is C35H44O8. The van der Waals surface area contributed by atoms with E-state index < -0.39 is 56.8 Å². The van der Waals surface area contributed by atoms with Gasteiger partial charge in [0.15, 0.2) is 23.0 Å². The Morgan fingerprint density at radius 3 is 2.21 bits per heavy atom. The molecule has 0 saturated carbocycles. The van der Waals surface area contributed by atoms with Gasteiger partial charge in [0, 0.05) is 35.2 Å². The van der Waals surface area contributed by atoms with Gasteiger partial charge >= 0.3 is 0 Å². The zero-order chi connectivity index (χ0) is 32.6. The number of allylic oxidation sites excluding steroid dienone is 3. The summed E-state index contributed by atoms with van der Waals surface area (Å²) in [5.41, 5.74) is -3.96. The molecule has 0 aliphatic heterocycles. The van der Waals surface area contributed by atoms with Gasteiger partial charge in [-0.15, -0.1) is 0 Å². The van der Waals surface area contributed by atoms with Gasteiger partial charge < -0.3 is 20.4 Å². The van der Waals surface area contributed by atoms with Crippen LogP contribution in [0.1, 0.15) is 108 Å². The van der Waals surface area contributed by atoms with Crippen molar-refractivity contribution in [1.82, 2.24) is 0 Å². The molecule has 0 spiro atoms. The maximum absolute atomic E-state index is 14.4. The van der Waals surface area contributed by atoms with Gasteiger partial charge in [0.1, 0.15) is 22.8 Å². The summed E-state index contributed by atoms with van der Waals surface area (Å²) in [7, 11) is 0. The Morgan fingerprint density at radius 1 is 1.09 bits per heavy atom. The van der Waals surface area contributed by atoms with Crippen LogP contribution in [0.5, 0.6) is 5.75 Å². The van der Waals surface area contributed by atoms with Gasteiger partial charge in [0.25, 0.3) is 0 Å². The second-order valence-corrected chi connectivity index (χ2v) is 13.9. The fourth-order valence-electron chi connectivity index (χ4n) is 8.27. The minimum Gasteiger partial charge on any atom is -0.511 e. The summed E-state index contributed by atoms with van der Waals surface area (Å²) in [6.45, 7) is 17.8. The van der Waals surface area contributed by atoms with Crippen LogP contribution in [0.15, 0.2) is 40.9 Å². The third-order valence-electron chi connectivity index (χ3n) is 10.0. The van der Waals surface area contributed by atoms with E-state index >= 15 is 0 Å². The molecule has 1 unspecified atom stereocenters. The molecule has 3 aliphatic carbocycles. The molecule has 4 N–H and O–H groups in total.